The van der Waals surface area contributed by atoms with Gasteiger partial charge in [-0.25, -0.2) is 0 Å². The lowest BCUT2D eigenvalue weighted by Gasteiger charge is -2.09. The van der Waals surface area contributed by atoms with E-state index in [9.17, 15) is 4.79 Å². The predicted octanol–water partition coefficient (Wildman–Crippen LogP) is 3.79. The molecule has 0 aliphatic rings. The molecule has 24 heavy (non-hydrogen) atoms. The Morgan fingerprint density at radius 1 is 1.12 bits per heavy atom. The monoisotopic (exact) mass is 321 g/mol. The number of carbonyl (C=O) groups is 1. The number of carbonyl (C=O) groups excluding carboxylic acids is 1. The van der Waals surface area contributed by atoms with Crippen molar-refractivity contribution in [1.29, 1.82) is 0 Å². The summed E-state index contributed by atoms with van der Waals surface area (Å²) in [6.45, 7) is 3.96. The van der Waals surface area contributed by atoms with E-state index in [0.717, 1.165) is 16.7 Å². The van der Waals surface area contributed by atoms with Gasteiger partial charge in [0.2, 0.25) is 5.91 Å². The van der Waals surface area contributed by atoms with Crippen LogP contribution in [0.25, 0.3) is 11.5 Å². The normalized spacial score (nSPS) is 10.6. The summed E-state index contributed by atoms with van der Waals surface area (Å²) in [5, 5.41) is 6.86. The third kappa shape index (κ3) is 3.51. The zero-order valence-electron chi connectivity index (χ0n) is 13.7. The first-order chi connectivity index (χ1) is 11.7. The highest BCUT2D eigenvalue weighted by Crippen LogP contribution is 2.26. The molecular weight excluding hydrogens is 302 g/mol. The fraction of sp³-hybridized carbons (Fsp3) is 0.211. The minimum absolute atomic E-state index is 0.0769. The Morgan fingerprint density at radius 3 is 2.62 bits per heavy atom. The molecule has 0 bridgehead atoms. The second-order valence-electron chi connectivity index (χ2n) is 5.57. The van der Waals surface area contributed by atoms with E-state index in [1.807, 2.05) is 62.4 Å². The van der Waals surface area contributed by atoms with Crippen molar-refractivity contribution < 1.29 is 9.32 Å². The second kappa shape index (κ2) is 7.08. The van der Waals surface area contributed by atoms with Crippen molar-refractivity contribution in [2.24, 2.45) is 0 Å². The van der Waals surface area contributed by atoms with E-state index >= 15 is 0 Å². The van der Waals surface area contributed by atoms with Crippen LogP contribution in [0.5, 0.6) is 0 Å². The molecule has 3 rings (SSSR count). The summed E-state index contributed by atoms with van der Waals surface area (Å²) in [6.07, 6.45) is 1.02. The van der Waals surface area contributed by atoms with Gasteiger partial charge in [0.1, 0.15) is 0 Å². The van der Waals surface area contributed by atoms with E-state index in [1.165, 1.54) is 0 Å². The van der Waals surface area contributed by atoms with Crippen LogP contribution >= 0.6 is 0 Å². The molecule has 122 valence electrons. The van der Waals surface area contributed by atoms with E-state index in [1.54, 1.807) is 0 Å². The molecule has 1 aromatic heterocycles. The average molecular weight is 321 g/mol. The SMILES string of the molecule is CCc1noc(-c2ccccc2NC(=O)Cc2ccccc2C)n1. The maximum atomic E-state index is 12.4. The Bertz CT molecular complexity index is 855. The number of aryl methyl sites for hydroxylation is 2. The van der Waals surface area contributed by atoms with Crippen molar-refractivity contribution in [1.82, 2.24) is 10.1 Å². The number of anilines is 1. The summed E-state index contributed by atoms with van der Waals surface area (Å²) in [5.74, 6) is 0.983. The van der Waals surface area contributed by atoms with Gasteiger partial charge in [-0.05, 0) is 30.2 Å². The second-order valence-corrected chi connectivity index (χ2v) is 5.57. The predicted molar refractivity (Wildman–Crippen MR) is 92.6 cm³/mol. The van der Waals surface area contributed by atoms with Crippen LogP contribution in [-0.2, 0) is 17.6 Å². The van der Waals surface area contributed by atoms with Gasteiger partial charge in [0.25, 0.3) is 5.89 Å². The molecule has 0 radical (unpaired) electrons. The van der Waals surface area contributed by atoms with Crippen LogP contribution in [0.15, 0.2) is 53.1 Å². The number of para-hydroxylation sites is 1. The van der Waals surface area contributed by atoms with Crippen molar-refractivity contribution in [3.05, 3.63) is 65.5 Å². The lowest BCUT2D eigenvalue weighted by molar-refractivity contribution is -0.115. The molecule has 0 aliphatic heterocycles. The van der Waals surface area contributed by atoms with Crippen LogP contribution in [0.4, 0.5) is 5.69 Å². The van der Waals surface area contributed by atoms with Crippen LogP contribution in [0.1, 0.15) is 23.9 Å². The van der Waals surface area contributed by atoms with Crippen molar-refractivity contribution in [2.45, 2.75) is 26.7 Å². The molecule has 0 unspecified atom stereocenters. The number of rotatable bonds is 5. The molecule has 2 aromatic carbocycles. The molecule has 5 nitrogen and oxygen atoms in total. The number of nitrogens with one attached hydrogen (secondary N) is 1. The quantitative estimate of drug-likeness (QED) is 0.776. The Labute approximate surface area is 140 Å². The first kappa shape index (κ1) is 15.9. The molecule has 0 saturated heterocycles. The van der Waals surface area contributed by atoms with Crippen LogP contribution in [0.2, 0.25) is 0 Å². The molecule has 0 aliphatic carbocycles. The number of nitrogens with zero attached hydrogens (tertiary/aromatic N) is 2. The largest absolute Gasteiger partial charge is 0.334 e. The molecule has 1 heterocycles. The number of hydrogen-bond acceptors (Lipinski definition) is 4. The van der Waals surface area contributed by atoms with Gasteiger partial charge in [-0.3, -0.25) is 4.79 Å². The summed E-state index contributed by atoms with van der Waals surface area (Å²) >= 11 is 0. The minimum atomic E-state index is -0.0769. The van der Waals surface area contributed by atoms with Gasteiger partial charge >= 0.3 is 0 Å². The van der Waals surface area contributed by atoms with Gasteiger partial charge in [-0.2, -0.15) is 4.98 Å². The van der Waals surface area contributed by atoms with Crippen LogP contribution in [0, 0.1) is 6.92 Å². The summed E-state index contributed by atoms with van der Waals surface area (Å²) in [6, 6.07) is 15.3. The minimum Gasteiger partial charge on any atom is -0.334 e. The summed E-state index contributed by atoms with van der Waals surface area (Å²) < 4.78 is 5.29. The average Bonchev–Trinajstić information content (AvgIpc) is 3.06. The Hall–Kier alpha value is -2.95. The Morgan fingerprint density at radius 2 is 1.88 bits per heavy atom. The van der Waals surface area contributed by atoms with E-state index in [-0.39, 0.29) is 5.91 Å². The Balaban J connectivity index is 1.80. The molecule has 5 heteroatoms. The fourth-order valence-corrected chi connectivity index (χ4v) is 2.46. The molecular formula is C19H19N3O2. The number of aromatic nitrogens is 2. The highest BCUT2D eigenvalue weighted by molar-refractivity contribution is 5.95. The van der Waals surface area contributed by atoms with Crippen LogP contribution in [0.3, 0.4) is 0 Å². The zero-order valence-corrected chi connectivity index (χ0v) is 13.7. The Kier molecular flexibility index (Phi) is 4.70. The van der Waals surface area contributed by atoms with E-state index in [4.69, 9.17) is 4.52 Å². The highest BCUT2D eigenvalue weighted by atomic mass is 16.5. The first-order valence-electron chi connectivity index (χ1n) is 7.93. The van der Waals surface area contributed by atoms with Crippen molar-refractivity contribution in [3.63, 3.8) is 0 Å². The maximum absolute atomic E-state index is 12.4. The molecule has 0 spiro atoms. The number of benzene rings is 2. The fourth-order valence-electron chi connectivity index (χ4n) is 2.46. The molecule has 0 fully saturated rings. The van der Waals surface area contributed by atoms with Gasteiger partial charge in [0.05, 0.1) is 17.7 Å². The molecule has 1 N–H and O–H groups in total. The van der Waals surface area contributed by atoms with Gasteiger partial charge in [0.15, 0.2) is 5.82 Å². The molecule has 0 saturated carbocycles. The summed E-state index contributed by atoms with van der Waals surface area (Å²) in [5.41, 5.74) is 3.51. The van der Waals surface area contributed by atoms with Gasteiger partial charge in [0, 0.05) is 6.42 Å². The van der Waals surface area contributed by atoms with Crippen molar-refractivity contribution >= 4 is 11.6 Å². The van der Waals surface area contributed by atoms with Gasteiger partial charge < -0.3 is 9.84 Å². The van der Waals surface area contributed by atoms with Crippen LogP contribution in [-0.4, -0.2) is 16.0 Å². The molecule has 0 atom stereocenters. The summed E-state index contributed by atoms with van der Waals surface area (Å²) in [4.78, 5) is 16.7. The third-order valence-electron chi connectivity index (χ3n) is 3.83. The first-order valence-corrected chi connectivity index (χ1v) is 7.93. The third-order valence-corrected chi connectivity index (χ3v) is 3.83. The smallest absolute Gasteiger partial charge is 0.260 e. The van der Waals surface area contributed by atoms with Gasteiger partial charge in [-0.1, -0.05) is 48.5 Å². The summed E-state index contributed by atoms with van der Waals surface area (Å²) in [7, 11) is 0. The maximum Gasteiger partial charge on any atom is 0.260 e. The van der Waals surface area contributed by atoms with E-state index in [2.05, 4.69) is 15.5 Å². The number of amides is 1. The standard InChI is InChI=1S/C19H19N3O2/c1-3-17-21-19(24-22-17)15-10-6-7-11-16(15)20-18(23)12-14-9-5-4-8-13(14)2/h4-11H,3,12H2,1-2H3,(H,20,23). The lowest BCUT2D eigenvalue weighted by atomic mass is 10.1. The van der Waals surface area contributed by atoms with Crippen LogP contribution < -0.4 is 5.32 Å². The molecule has 1 amide bonds. The van der Waals surface area contributed by atoms with Crippen molar-refractivity contribution in [2.75, 3.05) is 5.32 Å². The number of hydrogen-bond donors (Lipinski definition) is 1. The van der Waals surface area contributed by atoms with Crippen molar-refractivity contribution in [3.8, 4) is 11.5 Å². The zero-order chi connectivity index (χ0) is 16.9. The van der Waals surface area contributed by atoms with E-state index < -0.39 is 0 Å². The van der Waals surface area contributed by atoms with Gasteiger partial charge in [-0.15, -0.1) is 0 Å². The highest BCUT2D eigenvalue weighted by Gasteiger charge is 2.14. The lowest BCUT2D eigenvalue weighted by Crippen LogP contribution is -2.15. The topological polar surface area (TPSA) is 68.0 Å². The molecule has 3 aromatic rings. The van der Waals surface area contributed by atoms with E-state index in [0.29, 0.717) is 30.2 Å².